The molecular formula is C44H39NS2Si. The highest BCUT2D eigenvalue weighted by Crippen LogP contribution is 2.44. The van der Waals surface area contributed by atoms with Crippen LogP contribution in [0.4, 0.5) is 0 Å². The minimum atomic E-state index is -2.58. The van der Waals surface area contributed by atoms with Crippen LogP contribution in [0.25, 0.3) is 27.5 Å². The van der Waals surface area contributed by atoms with Crippen LogP contribution in [0.1, 0.15) is 52.7 Å². The summed E-state index contributed by atoms with van der Waals surface area (Å²) in [6, 6.07) is 49.2. The number of aromatic nitrogens is 1. The average Bonchev–Trinajstić information content (AvgIpc) is 3.40. The highest BCUT2D eigenvalue weighted by Gasteiger charge is 2.51. The van der Waals surface area contributed by atoms with Gasteiger partial charge in [0.05, 0.1) is 11.0 Å². The number of hydrogen-bond acceptors (Lipinski definition) is 2. The lowest BCUT2D eigenvalue weighted by Gasteiger charge is -2.44. The van der Waals surface area contributed by atoms with E-state index in [0.717, 1.165) is 0 Å². The first-order chi connectivity index (χ1) is 23.0. The Morgan fingerprint density at radius 2 is 0.938 bits per heavy atom. The maximum absolute atomic E-state index is 2.58. The van der Waals surface area contributed by atoms with Crippen molar-refractivity contribution < 1.29 is 0 Å². The fourth-order valence-electron chi connectivity index (χ4n) is 8.00. The van der Waals surface area contributed by atoms with E-state index in [1.54, 1.807) is 5.19 Å². The summed E-state index contributed by atoms with van der Waals surface area (Å²) in [5.41, 5.74) is 6.66. The first-order valence-corrected chi connectivity index (χ1v) is 20.6. The van der Waals surface area contributed by atoms with Crippen molar-refractivity contribution in [2.45, 2.75) is 72.0 Å². The molecule has 0 amide bonds. The van der Waals surface area contributed by atoms with Gasteiger partial charge in [-0.05, 0) is 91.2 Å². The molecule has 3 heterocycles. The Hall–Kier alpha value is -3.96. The van der Waals surface area contributed by atoms with Gasteiger partial charge < -0.3 is 4.57 Å². The Kier molecular flexibility index (Phi) is 6.60. The topological polar surface area (TPSA) is 4.93 Å². The molecular weight excluding hydrogens is 635 g/mol. The van der Waals surface area contributed by atoms with Gasteiger partial charge >= 0.3 is 0 Å². The van der Waals surface area contributed by atoms with E-state index in [9.17, 15) is 0 Å². The standard InChI is InChI=1S/C44H39NS2Si/c1-43(2,3)28-20-22-34-32(24-28)33-25-29(44(4,5)6)21-23-35(33)45(34)30-26-38-42-39(27-30)47-37-17-11-13-19-41(37)48(42,31-14-8-7-9-15-31)40-18-12-10-16-36(40)46-38/h7-27H,1-6H3. The molecule has 0 saturated heterocycles. The minimum absolute atomic E-state index is 0.0691. The van der Waals surface area contributed by atoms with Crippen molar-refractivity contribution in [3.8, 4) is 5.69 Å². The van der Waals surface area contributed by atoms with E-state index < -0.39 is 8.07 Å². The lowest BCUT2D eigenvalue weighted by atomic mass is 9.85. The van der Waals surface area contributed by atoms with E-state index in [0.29, 0.717) is 0 Å². The monoisotopic (exact) mass is 673 g/mol. The van der Waals surface area contributed by atoms with E-state index >= 15 is 0 Å². The lowest BCUT2D eigenvalue weighted by Crippen LogP contribution is -2.78. The van der Waals surface area contributed by atoms with Gasteiger partial charge in [-0.2, -0.15) is 0 Å². The third-order valence-electron chi connectivity index (χ3n) is 10.4. The summed E-state index contributed by atoms with van der Waals surface area (Å²) in [4.78, 5) is 5.56. The van der Waals surface area contributed by atoms with Gasteiger partial charge in [-0.1, -0.05) is 144 Å². The van der Waals surface area contributed by atoms with E-state index in [2.05, 4.69) is 174 Å². The van der Waals surface area contributed by atoms with Crippen molar-refractivity contribution in [2.75, 3.05) is 0 Å². The van der Waals surface area contributed by atoms with Crippen LogP contribution in [0, 0.1) is 0 Å². The highest BCUT2D eigenvalue weighted by atomic mass is 32.2. The van der Waals surface area contributed by atoms with Gasteiger partial charge in [-0.25, -0.2) is 0 Å². The van der Waals surface area contributed by atoms with Crippen LogP contribution in [0.2, 0.25) is 0 Å². The molecule has 0 saturated carbocycles. The zero-order chi connectivity index (χ0) is 33.0. The average molecular weight is 674 g/mol. The van der Waals surface area contributed by atoms with Gasteiger partial charge in [0, 0.05) is 36.0 Å². The van der Waals surface area contributed by atoms with Crippen LogP contribution in [0.15, 0.2) is 147 Å². The number of benzene rings is 6. The molecule has 1 nitrogen and oxygen atoms in total. The molecule has 6 aromatic carbocycles. The molecule has 9 rings (SSSR count). The van der Waals surface area contributed by atoms with E-state index in [-0.39, 0.29) is 10.8 Å². The molecule has 0 atom stereocenters. The van der Waals surface area contributed by atoms with Crippen LogP contribution in [0.5, 0.6) is 0 Å². The number of nitrogens with zero attached hydrogens (tertiary/aromatic N) is 1. The van der Waals surface area contributed by atoms with Crippen LogP contribution in [0.3, 0.4) is 0 Å². The summed E-state index contributed by atoms with van der Waals surface area (Å²) in [7, 11) is -2.58. The Morgan fingerprint density at radius 1 is 0.479 bits per heavy atom. The van der Waals surface area contributed by atoms with Crippen molar-refractivity contribution in [1.82, 2.24) is 4.57 Å². The fraction of sp³-hybridized carbons (Fsp3) is 0.182. The van der Waals surface area contributed by atoms with Gasteiger partial charge in [0.1, 0.15) is 0 Å². The highest BCUT2D eigenvalue weighted by molar-refractivity contribution is 8.01. The molecule has 2 aliphatic heterocycles. The predicted octanol–water partition coefficient (Wildman–Crippen LogP) is 9.69. The minimum Gasteiger partial charge on any atom is -0.309 e. The Bertz CT molecular complexity index is 2280. The molecule has 236 valence electrons. The Balaban J connectivity index is 1.38. The molecule has 0 spiro atoms. The van der Waals surface area contributed by atoms with Gasteiger partial charge in [-0.3, -0.25) is 0 Å². The fourth-order valence-corrected chi connectivity index (χ4v) is 17.3. The second-order valence-electron chi connectivity index (χ2n) is 15.4. The molecule has 0 fully saturated rings. The zero-order valence-electron chi connectivity index (χ0n) is 28.4. The SMILES string of the molecule is CC(C)(C)c1ccc2c(c1)c1cc(C(C)(C)C)ccc1n2-c1cc2c3c(c1)Sc1ccccc1[Si]3(c1ccccc1)c1ccccc1S2. The van der Waals surface area contributed by atoms with Gasteiger partial charge in [0.15, 0.2) is 8.07 Å². The molecule has 0 unspecified atom stereocenters. The first-order valence-electron chi connectivity index (χ1n) is 16.9. The van der Waals surface area contributed by atoms with Gasteiger partial charge in [0.2, 0.25) is 0 Å². The molecule has 4 heteroatoms. The molecule has 0 N–H and O–H groups in total. The quantitative estimate of drug-likeness (QED) is 0.168. The van der Waals surface area contributed by atoms with E-state index in [1.807, 2.05) is 23.5 Å². The molecule has 0 radical (unpaired) electrons. The maximum Gasteiger partial charge on any atom is 0.184 e. The molecule has 48 heavy (non-hydrogen) atoms. The predicted molar refractivity (Wildman–Crippen MR) is 210 cm³/mol. The second kappa shape index (κ2) is 10.5. The number of rotatable bonds is 2. The zero-order valence-corrected chi connectivity index (χ0v) is 31.0. The molecule has 1 aromatic heterocycles. The summed E-state index contributed by atoms with van der Waals surface area (Å²) in [5.74, 6) is 0. The van der Waals surface area contributed by atoms with E-state index in [4.69, 9.17) is 0 Å². The maximum atomic E-state index is 2.54. The van der Waals surface area contributed by atoms with Crippen molar-refractivity contribution in [3.63, 3.8) is 0 Å². The third-order valence-corrected chi connectivity index (χ3v) is 18.3. The normalized spacial score (nSPS) is 14.9. The summed E-state index contributed by atoms with van der Waals surface area (Å²) >= 11 is 3.92. The smallest absolute Gasteiger partial charge is 0.184 e. The molecule has 0 aliphatic carbocycles. The summed E-state index contributed by atoms with van der Waals surface area (Å²) in [6.45, 7) is 13.9. The molecule has 2 aliphatic rings. The molecule has 0 bridgehead atoms. The van der Waals surface area contributed by atoms with Crippen molar-refractivity contribution >= 4 is 74.2 Å². The van der Waals surface area contributed by atoms with Crippen molar-refractivity contribution in [1.29, 1.82) is 0 Å². The summed E-state index contributed by atoms with van der Waals surface area (Å²) in [6.07, 6.45) is 0. The van der Waals surface area contributed by atoms with Crippen LogP contribution in [-0.4, -0.2) is 12.6 Å². The largest absolute Gasteiger partial charge is 0.309 e. The third kappa shape index (κ3) is 4.32. The van der Waals surface area contributed by atoms with Crippen LogP contribution in [-0.2, 0) is 10.8 Å². The van der Waals surface area contributed by atoms with Gasteiger partial charge in [0.25, 0.3) is 0 Å². The molecule has 7 aromatic rings. The summed E-state index contributed by atoms with van der Waals surface area (Å²) in [5, 5.41) is 8.70. The Labute approximate surface area is 293 Å². The lowest BCUT2D eigenvalue weighted by molar-refractivity contribution is 0.590. The van der Waals surface area contributed by atoms with Crippen LogP contribution >= 0.6 is 23.5 Å². The second-order valence-corrected chi connectivity index (χ2v) is 21.3. The van der Waals surface area contributed by atoms with Gasteiger partial charge in [-0.15, -0.1) is 0 Å². The summed E-state index contributed by atoms with van der Waals surface area (Å²) < 4.78 is 2.54. The van der Waals surface area contributed by atoms with Crippen LogP contribution < -0.4 is 20.7 Å². The van der Waals surface area contributed by atoms with Crippen molar-refractivity contribution in [3.05, 3.63) is 139 Å². The first kappa shape index (κ1) is 30.1. The Morgan fingerprint density at radius 3 is 1.42 bits per heavy atom. The van der Waals surface area contributed by atoms with Crippen molar-refractivity contribution in [2.24, 2.45) is 0 Å². The van der Waals surface area contributed by atoms with E-state index in [1.165, 1.54) is 73.8 Å². The number of hydrogen-bond donors (Lipinski definition) is 0. The number of fused-ring (bicyclic) bond motifs is 7.